The molecule has 1 amide bonds. The lowest BCUT2D eigenvalue weighted by molar-refractivity contribution is 0.0745. The number of benzene rings is 2. The number of carbonyl (C=O) groups is 1. The van der Waals surface area contributed by atoms with Crippen LogP contribution in [0.1, 0.15) is 51.5 Å². The van der Waals surface area contributed by atoms with Gasteiger partial charge in [-0.1, -0.05) is 31.2 Å². The van der Waals surface area contributed by atoms with Crippen LogP contribution in [0.3, 0.4) is 0 Å². The Balaban J connectivity index is 1.29. The lowest BCUT2D eigenvalue weighted by atomic mass is 9.90. The van der Waals surface area contributed by atoms with Crippen molar-refractivity contribution in [1.29, 1.82) is 5.26 Å². The second kappa shape index (κ2) is 11.6. The molecule has 2 atom stereocenters. The third kappa shape index (κ3) is 5.36. The summed E-state index contributed by atoms with van der Waals surface area (Å²) in [6.07, 6.45) is 2.80. The quantitative estimate of drug-likeness (QED) is 0.466. The molecule has 2 aliphatic rings. The predicted octanol–water partition coefficient (Wildman–Crippen LogP) is 5.48. The Morgan fingerprint density at radius 3 is 2.40 bits per heavy atom. The van der Waals surface area contributed by atoms with Crippen molar-refractivity contribution in [2.75, 3.05) is 54.4 Å². The van der Waals surface area contributed by atoms with Crippen LogP contribution in [-0.2, 0) is 0 Å². The van der Waals surface area contributed by atoms with Gasteiger partial charge in [0, 0.05) is 62.8 Å². The van der Waals surface area contributed by atoms with Crippen LogP contribution in [0.25, 0.3) is 0 Å². The number of carbonyl (C=O) groups excluding carboxylic acids is 1. The van der Waals surface area contributed by atoms with Crippen molar-refractivity contribution in [2.45, 2.75) is 47.1 Å². The van der Waals surface area contributed by atoms with Gasteiger partial charge in [-0.3, -0.25) is 4.79 Å². The second-order valence-corrected chi connectivity index (χ2v) is 11.4. The molecular weight excluding hydrogens is 496 g/mol. The molecule has 1 aromatic heterocycles. The number of anilines is 3. The zero-order valence-electron chi connectivity index (χ0n) is 24.4. The molecule has 208 valence electrons. The molecule has 3 heterocycles. The van der Waals surface area contributed by atoms with Gasteiger partial charge in [-0.25, -0.2) is 4.98 Å². The number of aromatic nitrogens is 1. The molecule has 0 bridgehead atoms. The second-order valence-electron chi connectivity index (χ2n) is 11.4. The van der Waals surface area contributed by atoms with Crippen molar-refractivity contribution in [3.05, 3.63) is 82.0 Å². The first-order valence-electron chi connectivity index (χ1n) is 14.4. The number of rotatable bonds is 5. The molecule has 40 heavy (non-hydrogen) atoms. The highest BCUT2D eigenvalue weighted by molar-refractivity contribution is 5.99. The SMILES string of the molecule is Cc1cccnc1N1CCN(C(=O)c2c(C)cc(C)c(N[C@H]3CCN(c4ccccc4C#N)C[C@H]3C)c2C)CC1. The van der Waals surface area contributed by atoms with Gasteiger partial charge in [-0.2, -0.15) is 5.26 Å². The van der Waals surface area contributed by atoms with Gasteiger partial charge in [0.05, 0.1) is 11.3 Å². The molecule has 3 aromatic rings. The minimum Gasteiger partial charge on any atom is -0.381 e. The molecule has 0 radical (unpaired) electrons. The van der Waals surface area contributed by atoms with Gasteiger partial charge in [0.15, 0.2) is 0 Å². The van der Waals surface area contributed by atoms with Crippen LogP contribution in [0.4, 0.5) is 17.2 Å². The van der Waals surface area contributed by atoms with E-state index in [0.29, 0.717) is 25.0 Å². The van der Waals surface area contributed by atoms with Crippen LogP contribution in [0.5, 0.6) is 0 Å². The van der Waals surface area contributed by atoms with Crippen molar-refractivity contribution in [2.24, 2.45) is 5.92 Å². The number of piperidine rings is 1. The summed E-state index contributed by atoms with van der Waals surface area (Å²) >= 11 is 0. The Bertz CT molecular complexity index is 1440. The van der Waals surface area contributed by atoms with Gasteiger partial charge in [0.1, 0.15) is 11.9 Å². The molecule has 0 unspecified atom stereocenters. The summed E-state index contributed by atoms with van der Waals surface area (Å²) in [6, 6.07) is 16.7. The average Bonchev–Trinajstić information content (AvgIpc) is 2.96. The summed E-state index contributed by atoms with van der Waals surface area (Å²) in [4.78, 5) is 25.0. The fourth-order valence-corrected chi connectivity index (χ4v) is 6.43. The van der Waals surface area contributed by atoms with Gasteiger partial charge in [-0.05, 0) is 80.5 Å². The number of pyridine rings is 1. The highest BCUT2D eigenvalue weighted by Gasteiger charge is 2.30. The van der Waals surface area contributed by atoms with Crippen LogP contribution in [0, 0.1) is 44.9 Å². The summed E-state index contributed by atoms with van der Waals surface area (Å²) in [6.45, 7) is 15.3. The Hall–Kier alpha value is -4.05. The highest BCUT2D eigenvalue weighted by atomic mass is 16.2. The number of nitriles is 1. The molecule has 0 aliphatic carbocycles. The van der Waals surface area contributed by atoms with E-state index in [2.05, 4.69) is 72.9 Å². The molecule has 0 spiro atoms. The van der Waals surface area contributed by atoms with E-state index < -0.39 is 0 Å². The third-order valence-electron chi connectivity index (χ3n) is 8.63. The van der Waals surface area contributed by atoms with Gasteiger partial charge in [0.25, 0.3) is 5.91 Å². The monoisotopic (exact) mass is 536 g/mol. The van der Waals surface area contributed by atoms with Gasteiger partial charge in [-0.15, -0.1) is 0 Å². The Labute approximate surface area is 238 Å². The molecule has 5 rings (SSSR count). The lowest BCUT2D eigenvalue weighted by Gasteiger charge is -2.40. The van der Waals surface area contributed by atoms with Crippen molar-refractivity contribution < 1.29 is 4.79 Å². The normalized spacial score (nSPS) is 19.4. The van der Waals surface area contributed by atoms with E-state index in [1.54, 1.807) is 0 Å². The topological polar surface area (TPSA) is 75.5 Å². The fourth-order valence-electron chi connectivity index (χ4n) is 6.43. The number of aryl methyl sites for hydroxylation is 3. The van der Waals surface area contributed by atoms with E-state index in [4.69, 9.17) is 0 Å². The summed E-state index contributed by atoms with van der Waals surface area (Å²) in [7, 11) is 0. The molecule has 1 N–H and O–H groups in total. The standard InChI is InChI=1S/C33H40N6O/c1-22-9-8-13-35-32(22)37-15-17-38(18-16-37)33(40)30-23(2)19-24(3)31(26(30)5)36-28-12-14-39(21-25(28)4)29-11-7-6-10-27(29)20-34/h6-11,13,19,25,28,36H,12,14-18,21H2,1-5H3/t25-,28+/m1/s1. The number of nitrogens with one attached hydrogen (secondary N) is 1. The zero-order valence-corrected chi connectivity index (χ0v) is 24.4. The van der Waals surface area contributed by atoms with Crippen molar-refractivity contribution in [3.8, 4) is 6.07 Å². The Morgan fingerprint density at radius 2 is 1.70 bits per heavy atom. The third-order valence-corrected chi connectivity index (χ3v) is 8.63. The number of amides is 1. The van der Waals surface area contributed by atoms with Crippen molar-refractivity contribution in [3.63, 3.8) is 0 Å². The van der Waals surface area contributed by atoms with E-state index >= 15 is 0 Å². The van der Waals surface area contributed by atoms with Crippen LogP contribution >= 0.6 is 0 Å². The summed E-state index contributed by atoms with van der Waals surface area (Å²) in [5, 5.41) is 13.4. The maximum atomic E-state index is 13.9. The first-order chi connectivity index (χ1) is 19.3. The first-order valence-corrected chi connectivity index (χ1v) is 14.4. The maximum Gasteiger partial charge on any atom is 0.254 e. The van der Waals surface area contributed by atoms with Gasteiger partial charge in [0.2, 0.25) is 0 Å². The number of hydrogen-bond acceptors (Lipinski definition) is 6. The summed E-state index contributed by atoms with van der Waals surface area (Å²) < 4.78 is 0. The predicted molar refractivity (Wildman–Crippen MR) is 162 cm³/mol. The van der Waals surface area contributed by atoms with E-state index in [9.17, 15) is 10.1 Å². The fraction of sp³-hybridized carbons (Fsp3) is 0.424. The van der Waals surface area contributed by atoms with Crippen molar-refractivity contribution in [1.82, 2.24) is 9.88 Å². The maximum absolute atomic E-state index is 13.9. The van der Waals surface area contributed by atoms with E-state index in [1.807, 2.05) is 41.4 Å². The van der Waals surface area contributed by atoms with Crippen LogP contribution in [0.2, 0.25) is 0 Å². The molecule has 2 aliphatic heterocycles. The molecule has 7 heteroatoms. The number of para-hydroxylation sites is 1. The van der Waals surface area contributed by atoms with Crippen LogP contribution < -0.4 is 15.1 Å². The summed E-state index contributed by atoms with van der Waals surface area (Å²) in [5.41, 5.74) is 8.06. The Kier molecular flexibility index (Phi) is 7.97. The van der Waals surface area contributed by atoms with Crippen molar-refractivity contribution >= 4 is 23.1 Å². The molecule has 2 aromatic carbocycles. The number of piperazine rings is 1. The van der Waals surface area contributed by atoms with E-state index in [0.717, 1.165) is 77.6 Å². The van der Waals surface area contributed by atoms with E-state index in [-0.39, 0.29) is 5.91 Å². The molecule has 2 saturated heterocycles. The molecule has 7 nitrogen and oxygen atoms in total. The summed E-state index contributed by atoms with van der Waals surface area (Å²) in [5.74, 6) is 1.51. The number of hydrogen-bond donors (Lipinski definition) is 1. The van der Waals surface area contributed by atoms with Gasteiger partial charge < -0.3 is 20.0 Å². The van der Waals surface area contributed by atoms with Crippen LogP contribution in [0.15, 0.2) is 48.7 Å². The highest BCUT2D eigenvalue weighted by Crippen LogP contribution is 2.33. The van der Waals surface area contributed by atoms with E-state index in [1.165, 1.54) is 5.56 Å². The minimum absolute atomic E-state index is 0.117. The average molecular weight is 537 g/mol. The zero-order chi connectivity index (χ0) is 28.4. The Morgan fingerprint density at radius 1 is 0.950 bits per heavy atom. The molecule has 0 saturated carbocycles. The molecule has 2 fully saturated rings. The lowest BCUT2D eigenvalue weighted by Crippen LogP contribution is -2.49. The first kappa shape index (κ1) is 27.5. The minimum atomic E-state index is 0.117. The van der Waals surface area contributed by atoms with Crippen LogP contribution in [-0.4, -0.2) is 61.1 Å². The largest absolute Gasteiger partial charge is 0.381 e. The van der Waals surface area contributed by atoms with Gasteiger partial charge >= 0.3 is 0 Å². The smallest absolute Gasteiger partial charge is 0.254 e. The number of nitrogens with zero attached hydrogens (tertiary/aromatic N) is 5. The molecular formula is C33H40N6O.